The molecule has 0 spiro atoms. The summed E-state index contributed by atoms with van der Waals surface area (Å²) in [6.07, 6.45) is 1.85. The second-order valence-electron chi connectivity index (χ2n) is 4.30. The van der Waals surface area contributed by atoms with Gasteiger partial charge in [0.2, 0.25) is 0 Å². The van der Waals surface area contributed by atoms with Crippen LogP contribution in [0.3, 0.4) is 0 Å². The zero-order valence-electron chi connectivity index (χ0n) is 11.8. The molecule has 22 heavy (non-hydrogen) atoms. The molecule has 118 valence electrons. The average molecular weight is 314 g/mol. The lowest BCUT2D eigenvalue weighted by molar-refractivity contribution is -0.446. The highest BCUT2D eigenvalue weighted by atomic mass is 19.4. The van der Waals surface area contributed by atoms with Gasteiger partial charge in [-0.15, -0.1) is 0 Å². The third-order valence-corrected chi connectivity index (χ3v) is 2.63. The van der Waals surface area contributed by atoms with Gasteiger partial charge in [-0.2, -0.15) is 13.2 Å². The standard InChI is InChI=1S/C14H14F3N3O2/c1-3-10(4-6-20(2)7-5-13(21)22)11-8-19-12(9-18-11)14(15,16)17/h3-4,6,8-9H,2,5,7H2,1H3/p+1/b6-4-,10-3+. The van der Waals surface area contributed by atoms with Gasteiger partial charge in [-0.3, -0.25) is 9.78 Å². The lowest BCUT2D eigenvalue weighted by atomic mass is 10.2. The number of allylic oxidation sites excluding steroid dienone is 3. The summed E-state index contributed by atoms with van der Waals surface area (Å²) >= 11 is 0. The molecule has 0 bridgehead atoms. The van der Waals surface area contributed by atoms with E-state index in [9.17, 15) is 18.0 Å². The van der Waals surface area contributed by atoms with E-state index in [1.54, 1.807) is 19.1 Å². The Morgan fingerprint density at radius 2 is 2.09 bits per heavy atom. The van der Waals surface area contributed by atoms with Gasteiger partial charge < -0.3 is 5.11 Å². The Hall–Kier alpha value is -2.51. The Labute approximate surface area is 125 Å². The van der Waals surface area contributed by atoms with Gasteiger partial charge in [-0.25, -0.2) is 9.56 Å². The molecule has 0 aliphatic rings. The van der Waals surface area contributed by atoms with Crippen molar-refractivity contribution < 1.29 is 27.6 Å². The van der Waals surface area contributed by atoms with Crippen molar-refractivity contribution in [1.29, 1.82) is 0 Å². The molecule has 0 radical (unpaired) electrons. The molecule has 1 rings (SSSR count). The molecule has 1 heterocycles. The highest BCUT2D eigenvalue weighted by Crippen LogP contribution is 2.27. The zero-order valence-corrected chi connectivity index (χ0v) is 11.8. The van der Waals surface area contributed by atoms with E-state index in [1.807, 2.05) is 0 Å². The molecule has 1 aromatic heterocycles. The summed E-state index contributed by atoms with van der Waals surface area (Å²) in [7, 11) is 0. The number of halogens is 3. The van der Waals surface area contributed by atoms with Crippen LogP contribution >= 0.6 is 0 Å². The summed E-state index contributed by atoms with van der Waals surface area (Å²) in [5.41, 5.74) is -0.237. The Kier molecular flexibility index (Phi) is 5.97. The van der Waals surface area contributed by atoms with Gasteiger partial charge in [0.05, 0.1) is 18.1 Å². The molecule has 0 amide bonds. The van der Waals surface area contributed by atoms with E-state index < -0.39 is 17.8 Å². The second-order valence-corrected chi connectivity index (χ2v) is 4.30. The van der Waals surface area contributed by atoms with Crippen LogP contribution in [0.5, 0.6) is 0 Å². The molecule has 0 aromatic carbocycles. The van der Waals surface area contributed by atoms with Gasteiger partial charge in [0, 0.05) is 11.6 Å². The lowest BCUT2D eigenvalue weighted by Crippen LogP contribution is -2.09. The van der Waals surface area contributed by atoms with E-state index in [0.29, 0.717) is 11.8 Å². The summed E-state index contributed by atoms with van der Waals surface area (Å²) in [5.74, 6) is -0.943. The Morgan fingerprint density at radius 1 is 1.41 bits per heavy atom. The van der Waals surface area contributed by atoms with Gasteiger partial charge in [0.15, 0.2) is 18.4 Å². The molecule has 0 unspecified atom stereocenters. The topological polar surface area (TPSA) is 66.1 Å². The molecule has 0 atom stereocenters. The van der Waals surface area contributed by atoms with Crippen LogP contribution in [-0.2, 0) is 11.0 Å². The van der Waals surface area contributed by atoms with Crippen LogP contribution in [0.25, 0.3) is 5.57 Å². The molecular formula is C14H15F3N3O2+. The Bertz CT molecular complexity index is 605. The molecule has 0 aliphatic carbocycles. The van der Waals surface area contributed by atoms with E-state index in [2.05, 4.69) is 16.7 Å². The number of carboxylic acids is 1. The number of nitrogens with zero attached hydrogens (tertiary/aromatic N) is 3. The fourth-order valence-corrected chi connectivity index (χ4v) is 1.45. The number of carboxylic acid groups (broad SMARTS) is 1. The first kappa shape index (κ1) is 17.5. The fourth-order valence-electron chi connectivity index (χ4n) is 1.45. The van der Waals surface area contributed by atoms with Crippen molar-refractivity contribution in [1.82, 2.24) is 9.97 Å². The molecule has 5 nitrogen and oxygen atoms in total. The summed E-state index contributed by atoms with van der Waals surface area (Å²) in [4.78, 5) is 17.5. The van der Waals surface area contributed by atoms with Crippen LogP contribution in [0.2, 0.25) is 0 Å². The number of rotatable bonds is 6. The average Bonchev–Trinajstić information content (AvgIpc) is 2.45. The highest BCUT2D eigenvalue weighted by molar-refractivity contribution is 5.70. The van der Waals surface area contributed by atoms with Crippen LogP contribution in [0.4, 0.5) is 13.2 Å². The van der Waals surface area contributed by atoms with E-state index >= 15 is 0 Å². The van der Waals surface area contributed by atoms with Crippen molar-refractivity contribution >= 4 is 18.3 Å². The molecule has 8 heteroatoms. The van der Waals surface area contributed by atoms with Crippen molar-refractivity contribution in [3.8, 4) is 0 Å². The maximum Gasteiger partial charge on any atom is 0.434 e. The normalized spacial score (nSPS) is 12.6. The Morgan fingerprint density at radius 3 is 2.55 bits per heavy atom. The van der Waals surface area contributed by atoms with Crippen LogP contribution in [0, 0.1) is 0 Å². The SMILES string of the molecule is C=[N+](/C=C\C(=C/C)c1cnc(C(F)(F)F)cn1)CCC(=O)O. The smallest absolute Gasteiger partial charge is 0.434 e. The van der Waals surface area contributed by atoms with Crippen molar-refractivity contribution in [2.75, 3.05) is 6.54 Å². The first-order chi connectivity index (χ1) is 10.2. The van der Waals surface area contributed by atoms with Crippen molar-refractivity contribution in [3.63, 3.8) is 0 Å². The monoisotopic (exact) mass is 314 g/mol. The van der Waals surface area contributed by atoms with Gasteiger partial charge in [0.1, 0.15) is 13.1 Å². The van der Waals surface area contributed by atoms with Crippen molar-refractivity contribution in [2.45, 2.75) is 19.5 Å². The van der Waals surface area contributed by atoms with Crippen LogP contribution < -0.4 is 0 Å². The maximum absolute atomic E-state index is 12.4. The largest absolute Gasteiger partial charge is 0.481 e. The third kappa shape index (κ3) is 5.47. The molecule has 0 saturated heterocycles. The number of hydrogen-bond acceptors (Lipinski definition) is 3. The molecule has 1 N–H and O–H groups in total. The molecular weight excluding hydrogens is 299 g/mol. The van der Waals surface area contributed by atoms with Crippen LogP contribution in [-0.4, -0.2) is 38.9 Å². The summed E-state index contributed by atoms with van der Waals surface area (Å²) in [6.45, 7) is 5.54. The number of hydrogen-bond donors (Lipinski definition) is 1. The minimum Gasteiger partial charge on any atom is -0.481 e. The third-order valence-electron chi connectivity index (χ3n) is 2.63. The van der Waals surface area contributed by atoms with Crippen LogP contribution in [0.1, 0.15) is 24.7 Å². The predicted molar refractivity (Wildman–Crippen MR) is 74.3 cm³/mol. The van der Waals surface area contributed by atoms with E-state index in [0.717, 1.165) is 6.20 Å². The maximum atomic E-state index is 12.4. The van der Waals surface area contributed by atoms with E-state index in [-0.39, 0.29) is 18.7 Å². The molecule has 0 aliphatic heterocycles. The first-order valence-corrected chi connectivity index (χ1v) is 6.27. The summed E-state index contributed by atoms with van der Waals surface area (Å²) in [5, 5.41) is 8.56. The summed E-state index contributed by atoms with van der Waals surface area (Å²) in [6, 6.07) is 0. The molecule has 0 saturated carbocycles. The van der Waals surface area contributed by atoms with E-state index in [4.69, 9.17) is 5.11 Å². The lowest BCUT2D eigenvalue weighted by Gasteiger charge is -2.06. The van der Waals surface area contributed by atoms with Crippen LogP contribution in [0.15, 0.2) is 30.7 Å². The van der Waals surface area contributed by atoms with Gasteiger partial charge in [-0.05, 0) is 6.92 Å². The first-order valence-electron chi connectivity index (χ1n) is 6.27. The summed E-state index contributed by atoms with van der Waals surface area (Å²) < 4.78 is 38.6. The predicted octanol–water partition coefficient (Wildman–Crippen LogP) is 2.60. The van der Waals surface area contributed by atoms with Crippen molar-refractivity contribution in [3.05, 3.63) is 42.1 Å². The second kappa shape index (κ2) is 7.48. The Balaban J connectivity index is 2.81. The van der Waals surface area contributed by atoms with Crippen molar-refractivity contribution in [2.24, 2.45) is 0 Å². The highest BCUT2D eigenvalue weighted by Gasteiger charge is 2.32. The van der Waals surface area contributed by atoms with Gasteiger partial charge in [0.25, 0.3) is 0 Å². The molecule has 0 fully saturated rings. The fraction of sp³-hybridized carbons (Fsp3) is 0.286. The van der Waals surface area contributed by atoms with E-state index in [1.165, 1.54) is 10.8 Å². The zero-order chi connectivity index (χ0) is 16.8. The minimum atomic E-state index is -4.53. The number of aromatic nitrogens is 2. The minimum absolute atomic E-state index is 0.0703. The number of alkyl halides is 3. The number of aliphatic carboxylic acids is 1. The quantitative estimate of drug-likeness (QED) is 0.498. The van der Waals surface area contributed by atoms with Gasteiger partial charge >= 0.3 is 12.1 Å². The van der Waals surface area contributed by atoms with Gasteiger partial charge in [-0.1, -0.05) is 6.08 Å². The molecule has 1 aromatic rings. The number of carbonyl (C=O) groups is 1.